The van der Waals surface area contributed by atoms with E-state index in [0.29, 0.717) is 33.9 Å². The van der Waals surface area contributed by atoms with Gasteiger partial charge in [0.05, 0.1) is 47.7 Å². The van der Waals surface area contributed by atoms with Gasteiger partial charge in [-0.05, 0) is 108 Å². The first kappa shape index (κ1) is 44.9. The zero-order chi connectivity index (χ0) is 47.3. The van der Waals surface area contributed by atoms with Crippen molar-refractivity contribution in [1.82, 2.24) is 14.1 Å². The van der Waals surface area contributed by atoms with Crippen molar-refractivity contribution in [3.05, 3.63) is 208 Å². The van der Waals surface area contributed by atoms with Crippen LogP contribution in [-0.2, 0) is 18.9 Å². The van der Waals surface area contributed by atoms with Gasteiger partial charge in [0.2, 0.25) is 0 Å². The number of benzene rings is 6. The lowest BCUT2D eigenvalue weighted by atomic mass is 9.99. The second-order valence-corrected chi connectivity index (χ2v) is 16.0. The van der Waals surface area contributed by atoms with Gasteiger partial charge in [0.25, 0.3) is 0 Å². The number of esters is 3. The molecule has 6 aromatic carbocycles. The van der Waals surface area contributed by atoms with Crippen LogP contribution in [0.2, 0.25) is 5.02 Å². The fraction of sp³-hybridized carbons (Fsp3) is 0.132. The Morgan fingerprint density at radius 1 is 0.647 bits per heavy atom. The highest BCUT2D eigenvalue weighted by atomic mass is 35.5. The number of carbonyl (C=O) groups is 3. The molecule has 68 heavy (non-hydrogen) atoms. The first-order valence-corrected chi connectivity index (χ1v) is 21.7. The number of methoxy groups -OCH3 is 2. The largest absolute Gasteiger partial charge is 0.497 e. The summed E-state index contributed by atoms with van der Waals surface area (Å²) in [7, 11) is 3.10. The van der Waals surface area contributed by atoms with E-state index >= 15 is 4.79 Å². The molecule has 0 saturated carbocycles. The van der Waals surface area contributed by atoms with Crippen molar-refractivity contribution in [1.29, 1.82) is 5.41 Å². The predicted octanol–water partition coefficient (Wildman–Crippen LogP) is 8.88. The van der Waals surface area contributed by atoms with E-state index in [4.69, 9.17) is 45.0 Å². The van der Waals surface area contributed by atoms with Crippen LogP contribution in [0.1, 0.15) is 37.3 Å². The lowest BCUT2D eigenvalue weighted by molar-refractivity contribution is -0.0625. The third-order valence-corrected chi connectivity index (χ3v) is 11.6. The van der Waals surface area contributed by atoms with E-state index in [-0.39, 0.29) is 43.9 Å². The zero-order valence-electron chi connectivity index (χ0n) is 36.5. The molecular weight excluding hydrogens is 888 g/mol. The minimum absolute atomic E-state index is 0.0572. The van der Waals surface area contributed by atoms with E-state index in [1.807, 2.05) is 12.1 Å². The molecular formula is C53H41ClN4O10. The van der Waals surface area contributed by atoms with Gasteiger partial charge in [-0.25, -0.2) is 33.3 Å². The Morgan fingerprint density at radius 2 is 1.18 bits per heavy atom. The molecule has 1 saturated heterocycles. The van der Waals surface area contributed by atoms with Crippen molar-refractivity contribution < 1.29 is 42.8 Å². The highest BCUT2D eigenvalue weighted by Gasteiger charge is 2.52. The fourth-order valence-corrected chi connectivity index (χ4v) is 8.19. The fourth-order valence-electron chi connectivity index (χ4n) is 8.00. The number of hydrogen-bond donors (Lipinski definition) is 1. The molecule has 0 aliphatic carbocycles. The van der Waals surface area contributed by atoms with Gasteiger partial charge in [0, 0.05) is 10.6 Å². The van der Waals surface area contributed by atoms with Gasteiger partial charge in [-0.2, -0.15) is 0 Å². The van der Waals surface area contributed by atoms with Crippen LogP contribution in [0.15, 0.2) is 175 Å². The molecule has 1 aliphatic heterocycles. The first-order chi connectivity index (χ1) is 33.1. The Labute approximate surface area is 393 Å². The molecule has 340 valence electrons. The van der Waals surface area contributed by atoms with Crippen LogP contribution < -0.4 is 20.7 Å². The SMILES string of the molecule is COc1ccc(-c2cc(-c3ccc(OC)cc3)c3c(=N)n(-c4cccc(Cl)c4)c(=O)n([C@@H]4O[C@H](COC(=O)c5ccccc5)[C@@H](OC(=O)c5ccccc5)[C@H]4OC(=O)c4ccccc4)c3n2)cc1. The molecule has 1 aliphatic rings. The average Bonchev–Trinajstić information content (AvgIpc) is 3.70. The molecule has 2 aromatic heterocycles. The van der Waals surface area contributed by atoms with E-state index in [2.05, 4.69) is 0 Å². The summed E-state index contributed by atoms with van der Waals surface area (Å²) in [6.07, 6.45) is -6.12. The lowest BCUT2D eigenvalue weighted by Gasteiger charge is -2.26. The van der Waals surface area contributed by atoms with Crippen molar-refractivity contribution in [3.8, 4) is 39.6 Å². The molecule has 8 aromatic rings. The summed E-state index contributed by atoms with van der Waals surface area (Å²) in [6, 6.07) is 47.1. The van der Waals surface area contributed by atoms with Crippen LogP contribution >= 0.6 is 11.6 Å². The highest BCUT2D eigenvalue weighted by Crippen LogP contribution is 2.39. The smallest absolute Gasteiger partial charge is 0.338 e. The number of nitrogens with zero attached hydrogens (tertiary/aromatic N) is 3. The third kappa shape index (κ3) is 9.10. The summed E-state index contributed by atoms with van der Waals surface area (Å²) in [4.78, 5) is 62.6. The maximum atomic E-state index is 15.7. The number of halogens is 1. The van der Waals surface area contributed by atoms with Crippen LogP contribution in [-0.4, -0.2) is 71.2 Å². The van der Waals surface area contributed by atoms with Gasteiger partial charge < -0.3 is 28.4 Å². The Hall–Kier alpha value is -8.33. The molecule has 0 radical (unpaired) electrons. The van der Waals surface area contributed by atoms with Crippen LogP contribution in [0.3, 0.4) is 0 Å². The van der Waals surface area contributed by atoms with Crippen LogP contribution in [0.5, 0.6) is 11.5 Å². The van der Waals surface area contributed by atoms with Crippen molar-refractivity contribution >= 4 is 40.5 Å². The molecule has 15 heteroatoms. The molecule has 1 N–H and O–H groups in total. The first-order valence-electron chi connectivity index (χ1n) is 21.3. The Kier molecular flexibility index (Phi) is 13.0. The third-order valence-electron chi connectivity index (χ3n) is 11.4. The van der Waals surface area contributed by atoms with Gasteiger partial charge in [0.1, 0.15) is 29.7 Å². The van der Waals surface area contributed by atoms with E-state index in [0.717, 1.165) is 4.57 Å². The summed E-state index contributed by atoms with van der Waals surface area (Å²) < 4.78 is 38.4. The Balaban J connectivity index is 1.32. The van der Waals surface area contributed by atoms with Gasteiger partial charge in [0.15, 0.2) is 24.1 Å². The maximum Gasteiger partial charge on any atom is 0.338 e. The standard InChI is InChI=1S/C53H41ClN4O10/c1-63-39-25-21-32(22-26-39)41-30-42(33-23-27-40(64-2)28-24-33)56-48-44(41)47(55)57(38-20-12-19-37(54)29-38)53(62)58(48)49-46(68-52(61)36-17-10-5-11-18-36)45(67-51(60)35-15-8-4-9-16-35)43(66-49)31-65-50(59)34-13-6-3-7-14-34/h3-30,43,45-46,49,55H,31H2,1-2H3/t43-,45-,46-,49-/m1/s1. The zero-order valence-corrected chi connectivity index (χ0v) is 37.2. The topological polar surface area (TPSA) is 170 Å². The van der Waals surface area contributed by atoms with Crippen molar-refractivity contribution in [2.24, 2.45) is 0 Å². The molecule has 14 nitrogen and oxygen atoms in total. The number of rotatable bonds is 13. The summed E-state index contributed by atoms with van der Waals surface area (Å²) in [6.45, 7) is -0.518. The number of hydrogen-bond acceptors (Lipinski definition) is 12. The molecule has 0 bridgehead atoms. The molecule has 0 spiro atoms. The van der Waals surface area contributed by atoms with Gasteiger partial charge >= 0.3 is 23.6 Å². The second kappa shape index (κ2) is 19.6. The number of pyridine rings is 1. The van der Waals surface area contributed by atoms with Crippen LogP contribution in [0.25, 0.3) is 39.1 Å². The minimum Gasteiger partial charge on any atom is -0.497 e. The molecule has 0 amide bonds. The number of carbonyl (C=O) groups excluding carboxylic acids is 3. The maximum absolute atomic E-state index is 15.7. The van der Waals surface area contributed by atoms with Crippen LogP contribution in [0, 0.1) is 5.41 Å². The summed E-state index contributed by atoms with van der Waals surface area (Å²) >= 11 is 6.54. The number of ether oxygens (including phenoxy) is 6. The van der Waals surface area contributed by atoms with E-state index in [1.54, 1.807) is 166 Å². The average molecular weight is 929 g/mol. The van der Waals surface area contributed by atoms with Gasteiger partial charge in [-0.1, -0.05) is 84.4 Å². The molecule has 9 rings (SSSR count). The lowest BCUT2D eigenvalue weighted by Crippen LogP contribution is -2.46. The van der Waals surface area contributed by atoms with Crippen molar-refractivity contribution in [2.75, 3.05) is 20.8 Å². The number of fused-ring (bicyclic) bond motifs is 1. The summed E-state index contributed by atoms with van der Waals surface area (Å²) in [5, 5.41) is 10.3. The van der Waals surface area contributed by atoms with E-state index in [1.165, 1.54) is 10.6 Å². The normalized spacial score (nSPS) is 16.5. The molecule has 3 heterocycles. The Morgan fingerprint density at radius 3 is 1.72 bits per heavy atom. The van der Waals surface area contributed by atoms with Crippen molar-refractivity contribution in [2.45, 2.75) is 24.5 Å². The van der Waals surface area contributed by atoms with E-state index < -0.39 is 54.7 Å². The summed E-state index contributed by atoms with van der Waals surface area (Å²) in [5.41, 5.74) is 1.71. The number of nitrogens with one attached hydrogen (secondary N) is 1. The predicted molar refractivity (Wildman–Crippen MR) is 252 cm³/mol. The van der Waals surface area contributed by atoms with Crippen LogP contribution in [0.4, 0.5) is 0 Å². The summed E-state index contributed by atoms with van der Waals surface area (Å²) in [5.74, 6) is -1.19. The second-order valence-electron chi connectivity index (χ2n) is 15.5. The quantitative estimate of drug-likeness (QED) is 0.0866. The molecule has 1 fully saturated rings. The number of aromatic nitrogens is 3. The monoisotopic (exact) mass is 928 g/mol. The molecule has 0 unspecified atom stereocenters. The van der Waals surface area contributed by atoms with Gasteiger partial charge in [-0.15, -0.1) is 0 Å². The molecule has 4 atom stereocenters. The van der Waals surface area contributed by atoms with Gasteiger partial charge in [-0.3, -0.25) is 5.41 Å². The minimum atomic E-state index is -1.65. The van der Waals surface area contributed by atoms with Crippen molar-refractivity contribution in [3.63, 3.8) is 0 Å². The van der Waals surface area contributed by atoms with E-state index in [9.17, 15) is 19.8 Å². The highest BCUT2D eigenvalue weighted by molar-refractivity contribution is 6.30. The Bertz CT molecular complexity index is 3260.